The second-order valence-electron chi connectivity index (χ2n) is 7.48. The highest BCUT2D eigenvalue weighted by Crippen LogP contribution is 2.39. The Labute approximate surface area is 174 Å². The number of hydrogen-bond donors (Lipinski definition) is 2. The molecular formula is C23H21ClN2O3. The van der Waals surface area contributed by atoms with Gasteiger partial charge in [0, 0.05) is 16.6 Å². The van der Waals surface area contributed by atoms with Gasteiger partial charge in [-0.1, -0.05) is 30.5 Å². The highest BCUT2D eigenvalue weighted by molar-refractivity contribution is 6.31. The summed E-state index contributed by atoms with van der Waals surface area (Å²) in [5.74, 6) is 2.43. The van der Waals surface area contributed by atoms with E-state index in [0.29, 0.717) is 22.3 Å². The molecule has 2 N–H and O–H groups in total. The number of benzene rings is 2. The van der Waals surface area contributed by atoms with E-state index in [0.717, 1.165) is 41.3 Å². The average Bonchev–Trinajstić information content (AvgIpc) is 3.40. The maximum absolute atomic E-state index is 10.4. The number of pyridine rings is 1. The molecule has 0 atom stereocenters. The van der Waals surface area contributed by atoms with E-state index in [4.69, 9.17) is 26.1 Å². The number of phenolic OH excluding ortho intramolecular Hbond substituents is 1. The molecule has 2 heterocycles. The van der Waals surface area contributed by atoms with Crippen LogP contribution in [0.5, 0.6) is 17.2 Å². The third-order valence-electron chi connectivity index (χ3n) is 5.47. The maximum atomic E-state index is 10.4. The number of ether oxygens (including phenoxy) is 2. The summed E-state index contributed by atoms with van der Waals surface area (Å²) in [4.78, 5) is 4.78. The summed E-state index contributed by atoms with van der Waals surface area (Å²) in [7, 11) is 0. The SMILES string of the molecule is Oc1ccc(Cl)cc1-c1cc(-c2ccc3c(c2)OCO3)cc(NC2CCCC2)n1. The molecule has 1 fully saturated rings. The van der Waals surface area contributed by atoms with Gasteiger partial charge in [0.05, 0.1) is 5.69 Å². The van der Waals surface area contributed by atoms with Crippen molar-refractivity contribution in [2.45, 2.75) is 31.7 Å². The quantitative estimate of drug-likeness (QED) is 0.566. The van der Waals surface area contributed by atoms with Crippen LogP contribution in [0.1, 0.15) is 25.7 Å². The van der Waals surface area contributed by atoms with Gasteiger partial charge in [-0.3, -0.25) is 0 Å². The number of nitrogens with zero attached hydrogens (tertiary/aromatic N) is 1. The highest BCUT2D eigenvalue weighted by atomic mass is 35.5. The summed E-state index contributed by atoms with van der Waals surface area (Å²) >= 11 is 6.18. The summed E-state index contributed by atoms with van der Waals surface area (Å²) < 4.78 is 11.0. The summed E-state index contributed by atoms with van der Waals surface area (Å²) in [5.41, 5.74) is 3.25. The van der Waals surface area contributed by atoms with Crippen LogP contribution in [0, 0.1) is 0 Å². The maximum Gasteiger partial charge on any atom is 0.231 e. The molecule has 2 aromatic carbocycles. The number of fused-ring (bicyclic) bond motifs is 1. The van der Waals surface area contributed by atoms with Crippen LogP contribution in [0.3, 0.4) is 0 Å². The van der Waals surface area contributed by atoms with Gasteiger partial charge in [0.1, 0.15) is 11.6 Å². The van der Waals surface area contributed by atoms with Crippen molar-refractivity contribution in [2.24, 2.45) is 0 Å². The molecule has 3 aromatic rings. The third-order valence-corrected chi connectivity index (χ3v) is 5.71. The molecule has 6 heteroatoms. The van der Waals surface area contributed by atoms with Gasteiger partial charge in [0.15, 0.2) is 11.5 Å². The van der Waals surface area contributed by atoms with Crippen molar-refractivity contribution in [3.63, 3.8) is 0 Å². The van der Waals surface area contributed by atoms with Crippen molar-refractivity contribution in [3.8, 4) is 39.6 Å². The second-order valence-corrected chi connectivity index (χ2v) is 7.92. The lowest BCUT2D eigenvalue weighted by atomic mass is 10.0. The second kappa shape index (κ2) is 7.48. The van der Waals surface area contributed by atoms with Gasteiger partial charge in [-0.2, -0.15) is 0 Å². The zero-order valence-electron chi connectivity index (χ0n) is 15.8. The first-order valence-corrected chi connectivity index (χ1v) is 10.2. The summed E-state index contributed by atoms with van der Waals surface area (Å²) in [6.07, 6.45) is 4.77. The van der Waals surface area contributed by atoms with E-state index in [1.807, 2.05) is 30.3 Å². The predicted molar refractivity (Wildman–Crippen MR) is 114 cm³/mol. The number of halogens is 1. The topological polar surface area (TPSA) is 63.6 Å². The first-order chi connectivity index (χ1) is 14.2. The highest BCUT2D eigenvalue weighted by Gasteiger charge is 2.19. The molecule has 5 rings (SSSR count). The number of anilines is 1. The van der Waals surface area contributed by atoms with Crippen molar-refractivity contribution in [1.82, 2.24) is 4.98 Å². The average molecular weight is 409 g/mol. The Bertz CT molecular complexity index is 1060. The summed E-state index contributed by atoms with van der Waals surface area (Å²) in [6.45, 7) is 0.241. The number of aromatic hydroxyl groups is 1. The fraction of sp³-hybridized carbons (Fsp3) is 0.261. The summed E-state index contributed by atoms with van der Waals surface area (Å²) in [6, 6.07) is 15.3. The van der Waals surface area contributed by atoms with Crippen molar-refractivity contribution in [2.75, 3.05) is 12.1 Å². The Morgan fingerprint density at radius 3 is 2.62 bits per heavy atom. The number of hydrogen-bond acceptors (Lipinski definition) is 5. The van der Waals surface area contributed by atoms with Crippen LogP contribution >= 0.6 is 11.6 Å². The van der Waals surface area contributed by atoms with E-state index in [2.05, 4.69) is 5.32 Å². The van der Waals surface area contributed by atoms with Crippen molar-refractivity contribution in [1.29, 1.82) is 0 Å². The number of aromatic nitrogens is 1. The lowest BCUT2D eigenvalue weighted by Crippen LogP contribution is -2.15. The lowest BCUT2D eigenvalue weighted by Gasteiger charge is -2.16. The molecule has 5 nitrogen and oxygen atoms in total. The molecule has 0 amide bonds. The predicted octanol–water partition coefficient (Wildman–Crippen LogP) is 5.86. The van der Waals surface area contributed by atoms with Gasteiger partial charge in [-0.15, -0.1) is 0 Å². The van der Waals surface area contributed by atoms with E-state index in [9.17, 15) is 5.11 Å². The Balaban J connectivity index is 1.60. The van der Waals surface area contributed by atoms with Crippen LogP contribution in [0.25, 0.3) is 22.4 Å². The van der Waals surface area contributed by atoms with Crippen LogP contribution < -0.4 is 14.8 Å². The molecule has 1 aromatic heterocycles. The number of nitrogens with one attached hydrogen (secondary N) is 1. The van der Waals surface area contributed by atoms with Gasteiger partial charge in [-0.25, -0.2) is 4.98 Å². The van der Waals surface area contributed by atoms with E-state index in [1.54, 1.807) is 18.2 Å². The monoisotopic (exact) mass is 408 g/mol. The fourth-order valence-electron chi connectivity index (χ4n) is 3.98. The van der Waals surface area contributed by atoms with Crippen LogP contribution in [0.15, 0.2) is 48.5 Å². The molecule has 148 valence electrons. The molecule has 1 aliphatic heterocycles. The first kappa shape index (κ1) is 18.1. The summed E-state index contributed by atoms with van der Waals surface area (Å²) in [5, 5.41) is 14.5. The zero-order valence-corrected chi connectivity index (χ0v) is 16.6. The zero-order chi connectivity index (χ0) is 19.8. The van der Waals surface area contributed by atoms with Crippen LogP contribution in [0.4, 0.5) is 5.82 Å². The smallest absolute Gasteiger partial charge is 0.231 e. The molecule has 0 saturated heterocycles. The van der Waals surface area contributed by atoms with E-state index >= 15 is 0 Å². The van der Waals surface area contributed by atoms with Gasteiger partial charge in [0.2, 0.25) is 6.79 Å². The van der Waals surface area contributed by atoms with Crippen LogP contribution in [0.2, 0.25) is 5.02 Å². The Hall–Kier alpha value is -2.92. The molecule has 2 aliphatic rings. The van der Waals surface area contributed by atoms with Crippen molar-refractivity contribution in [3.05, 3.63) is 53.6 Å². The fourth-order valence-corrected chi connectivity index (χ4v) is 4.15. The third kappa shape index (κ3) is 3.70. The van der Waals surface area contributed by atoms with E-state index < -0.39 is 0 Å². The normalized spacial score (nSPS) is 15.6. The minimum absolute atomic E-state index is 0.150. The number of rotatable bonds is 4. The van der Waals surface area contributed by atoms with Gasteiger partial charge >= 0.3 is 0 Å². The van der Waals surface area contributed by atoms with Crippen LogP contribution in [-0.2, 0) is 0 Å². The molecule has 0 bridgehead atoms. The van der Waals surface area contributed by atoms with E-state index in [-0.39, 0.29) is 12.5 Å². The Morgan fingerprint density at radius 1 is 0.931 bits per heavy atom. The van der Waals surface area contributed by atoms with Crippen molar-refractivity contribution >= 4 is 17.4 Å². The van der Waals surface area contributed by atoms with E-state index in [1.165, 1.54) is 12.8 Å². The lowest BCUT2D eigenvalue weighted by molar-refractivity contribution is 0.174. The first-order valence-electron chi connectivity index (χ1n) is 9.83. The minimum Gasteiger partial charge on any atom is -0.507 e. The minimum atomic E-state index is 0.150. The molecule has 0 spiro atoms. The molecule has 1 aliphatic carbocycles. The standard InChI is InChI=1S/C23H21ClN2O3/c24-16-6-7-20(27)18(12-16)19-9-15(11-23(26-19)25-17-3-1-2-4-17)14-5-8-21-22(10-14)29-13-28-21/h5-12,17,27H,1-4,13H2,(H,25,26). The van der Waals surface area contributed by atoms with Crippen LogP contribution in [-0.4, -0.2) is 22.9 Å². The van der Waals surface area contributed by atoms with Gasteiger partial charge < -0.3 is 19.9 Å². The molecule has 0 radical (unpaired) electrons. The largest absolute Gasteiger partial charge is 0.507 e. The molecule has 29 heavy (non-hydrogen) atoms. The van der Waals surface area contributed by atoms with Gasteiger partial charge in [0.25, 0.3) is 0 Å². The molecule has 0 unspecified atom stereocenters. The molecular weight excluding hydrogens is 388 g/mol. The molecule has 1 saturated carbocycles. The Morgan fingerprint density at radius 2 is 1.76 bits per heavy atom. The Kier molecular flexibility index (Phi) is 4.68. The van der Waals surface area contributed by atoms with Crippen molar-refractivity contribution < 1.29 is 14.6 Å². The number of phenols is 1. The van der Waals surface area contributed by atoms with Gasteiger partial charge in [-0.05, 0) is 66.4 Å².